The van der Waals surface area contributed by atoms with Crippen LogP contribution in [-0.2, 0) is 48.3 Å². The van der Waals surface area contributed by atoms with Crippen LogP contribution in [0.5, 0.6) is 0 Å². The van der Waals surface area contributed by atoms with Gasteiger partial charge in [0.05, 0.1) is 36.4 Å². The van der Waals surface area contributed by atoms with Gasteiger partial charge in [0, 0.05) is 14.2 Å². The number of nitrogens with one attached hydrogen (secondary N) is 2. The smallest absolute Gasteiger partial charge is 0.390 e. The lowest BCUT2D eigenvalue weighted by atomic mass is 10.1. The Morgan fingerprint density at radius 3 is 1.26 bits per heavy atom. The number of aromatic nitrogens is 8. The minimum atomic E-state index is -4.42. The zero-order chi connectivity index (χ0) is 39.5. The fraction of sp³-hybridized carbons (Fsp3) is 0.353. The van der Waals surface area contributed by atoms with Crippen molar-refractivity contribution in [1.82, 2.24) is 39.5 Å². The Labute approximate surface area is 301 Å². The summed E-state index contributed by atoms with van der Waals surface area (Å²) in [4.78, 5) is 38.5. The molecule has 4 aromatic heterocycles. The summed E-state index contributed by atoms with van der Waals surface area (Å²) in [7, 11) is 2.90. The van der Waals surface area contributed by atoms with Crippen LogP contribution in [0.4, 0.5) is 26.3 Å². The molecule has 0 aliphatic heterocycles. The van der Waals surface area contributed by atoms with Crippen LogP contribution in [0.25, 0.3) is 22.1 Å². The molecule has 288 valence electrons. The monoisotopic (exact) mass is 764 g/mol. The fourth-order valence-corrected chi connectivity index (χ4v) is 5.68. The Morgan fingerprint density at radius 2 is 0.981 bits per heavy atom. The van der Waals surface area contributed by atoms with E-state index in [1.807, 2.05) is 0 Å². The standard InChI is InChI=1S/2C17H17F3N4O3/c2*1-9(10-3-5-11(6-4-10)17(18,19)20)24-15-14(12(7-25)23-24)16(26)22-13(21-15)8-27-2/h2*3-6,9,25H,7-8H2,1-2H3,(H,21,22,26)/t2*9-/m10/s1. The number of rotatable bonds is 10. The molecule has 54 heavy (non-hydrogen) atoms. The molecule has 14 nitrogen and oxygen atoms in total. The first-order chi connectivity index (χ1) is 25.5. The first-order valence-electron chi connectivity index (χ1n) is 16.1. The van der Waals surface area contributed by atoms with Crippen LogP contribution in [0.2, 0.25) is 0 Å². The zero-order valence-corrected chi connectivity index (χ0v) is 29.1. The molecule has 0 fully saturated rings. The second kappa shape index (κ2) is 15.9. The Hall–Kier alpha value is -5.44. The average molecular weight is 765 g/mol. The van der Waals surface area contributed by atoms with Crippen LogP contribution in [0.1, 0.15) is 71.2 Å². The third kappa shape index (κ3) is 8.20. The summed E-state index contributed by atoms with van der Waals surface area (Å²) in [5.74, 6) is 0.556. The SMILES string of the molecule is COCc1nc2c(c(CO)nn2[C@@H](C)c2ccc(C(F)(F)F)cc2)c(=O)[nH]1.COCc1nc2c(c(CO)nn2[C@H](C)c2ccc(C(F)(F)F)cc2)c(=O)[nH]1. The first-order valence-corrected chi connectivity index (χ1v) is 16.1. The molecule has 0 radical (unpaired) electrons. The largest absolute Gasteiger partial charge is 0.416 e. The van der Waals surface area contributed by atoms with Crippen LogP contribution in [0, 0.1) is 0 Å². The molecule has 0 unspecified atom stereocenters. The van der Waals surface area contributed by atoms with Crippen molar-refractivity contribution < 1.29 is 46.0 Å². The molecular formula is C34H34F6N8O6. The highest BCUT2D eigenvalue weighted by molar-refractivity contribution is 5.78. The number of hydrogen-bond donors (Lipinski definition) is 4. The maximum absolute atomic E-state index is 12.8. The zero-order valence-electron chi connectivity index (χ0n) is 29.1. The number of nitrogens with zero attached hydrogens (tertiary/aromatic N) is 6. The van der Waals surface area contributed by atoms with Crippen LogP contribution >= 0.6 is 0 Å². The first kappa shape index (κ1) is 39.8. The van der Waals surface area contributed by atoms with E-state index in [0.29, 0.717) is 11.1 Å². The van der Waals surface area contributed by atoms with Crippen LogP contribution in [-0.4, -0.2) is 63.9 Å². The molecule has 0 saturated carbocycles. The number of H-pyrrole nitrogens is 2. The predicted molar refractivity (Wildman–Crippen MR) is 180 cm³/mol. The van der Waals surface area contributed by atoms with E-state index in [4.69, 9.17) is 9.47 Å². The molecule has 6 rings (SSSR count). The van der Waals surface area contributed by atoms with E-state index in [2.05, 4.69) is 30.1 Å². The molecule has 0 bridgehead atoms. The molecule has 4 N–H and O–H groups in total. The van der Waals surface area contributed by atoms with Gasteiger partial charge in [-0.3, -0.25) is 9.59 Å². The quantitative estimate of drug-likeness (QED) is 0.142. The molecule has 0 aliphatic carbocycles. The number of aliphatic hydroxyl groups is 2. The summed E-state index contributed by atoms with van der Waals surface area (Å²) in [5.41, 5.74) is -0.621. The Bertz CT molecular complexity index is 2180. The fourth-order valence-electron chi connectivity index (χ4n) is 5.68. The van der Waals surface area contributed by atoms with Gasteiger partial charge in [-0.05, 0) is 49.2 Å². The maximum atomic E-state index is 12.8. The van der Waals surface area contributed by atoms with Crippen LogP contribution in [0.15, 0.2) is 58.1 Å². The molecule has 0 amide bonds. The van der Waals surface area contributed by atoms with Crippen molar-refractivity contribution in [1.29, 1.82) is 0 Å². The number of benzene rings is 2. The number of alkyl halides is 6. The summed E-state index contributed by atoms with van der Waals surface area (Å²) < 4.78 is 89.3. The molecule has 0 spiro atoms. The van der Waals surface area contributed by atoms with Crippen molar-refractivity contribution in [3.05, 3.63) is 115 Å². The van der Waals surface area contributed by atoms with E-state index >= 15 is 0 Å². The highest BCUT2D eigenvalue weighted by atomic mass is 19.4. The summed E-state index contributed by atoms with van der Waals surface area (Å²) in [6, 6.07) is 8.32. The summed E-state index contributed by atoms with van der Waals surface area (Å²) >= 11 is 0. The van der Waals surface area contributed by atoms with Gasteiger partial charge in [0.2, 0.25) is 0 Å². The average Bonchev–Trinajstić information content (AvgIpc) is 3.70. The number of halogens is 6. The Balaban J connectivity index is 0.000000208. The highest BCUT2D eigenvalue weighted by Gasteiger charge is 2.31. The molecular weight excluding hydrogens is 730 g/mol. The normalized spacial score (nSPS) is 13.3. The minimum absolute atomic E-state index is 0.0689. The lowest BCUT2D eigenvalue weighted by Crippen LogP contribution is -2.15. The number of aromatic amines is 2. The van der Waals surface area contributed by atoms with Gasteiger partial charge in [0.15, 0.2) is 11.3 Å². The van der Waals surface area contributed by atoms with Crippen molar-refractivity contribution in [2.24, 2.45) is 0 Å². The third-order valence-electron chi connectivity index (χ3n) is 8.40. The molecule has 0 saturated heterocycles. The van der Waals surface area contributed by atoms with Gasteiger partial charge in [-0.1, -0.05) is 24.3 Å². The van der Waals surface area contributed by atoms with Gasteiger partial charge < -0.3 is 29.7 Å². The predicted octanol–water partition coefficient (Wildman–Crippen LogP) is 4.77. The van der Waals surface area contributed by atoms with Crippen molar-refractivity contribution in [2.45, 2.75) is 64.7 Å². The molecule has 6 aromatic rings. The van der Waals surface area contributed by atoms with Crippen LogP contribution < -0.4 is 11.1 Å². The number of hydrogen-bond acceptors (Lipinski definition) is 10. The lowest BCUT2D eigenvalue weighted by molar-refractivity contribution is -0.138. The molecule has 4 heterocycles. The lowest BCUT2D eigenvalue weighted by Gasteiger charge is -2.15. The molecule has 2 atom stereocenters. The van der Waals surface area contributed by atoms with E-state index in [0.717, 1.165) is 24.3 Å². The Kier molecular flexibility index (Phi) is 11.7. The Morgan fingerprint density at radius 1 is 0.648 bits per heavy atom. The van der Waals surface area contributed by atoms with Gasteiger partial charge in [-0.25, -0.2) is 19.3 Å². The van der Waals surface area contributed by atoms with E-state index in [1.54, 1.807) is 13.8 Å². The van der Waals surface area contributed by atoms with Crippen LogP contribution in [0.3, 0.4) is 0 Å². The van der Waals surface area contributed by atoms with Crippen molar-refractivity contribution in [3.8, 4) is 0 Å². The molecule has 2 aromatic carbocycles. The third-order valence-corrected chi connectivity index (χ3v) is 8.40. The van der Waals surface area contributed by atoms with Crippen molar-refractivity contribution in [2.75, 3.05) is 14.2 Å². The topological polar surface area (TPSA) is 186 Å². The number of ether oxygens (including phenoxy) is 2. The summed E-state index contributed by atoms with van der Waals surface area (Å²) in [6.45, 7) is 2.62. The van der Waals surface area contributed by atoms with E-state index in [-0.39, 0.29) is 58.3 Å². The molecule has 0 aliphatic rings. The van der Waals surface area contributed by atoms with E-state index in [1.165, 1.54) is 47.8 Å². The highest BCUT2D eigenvalue weighted by Crippen LogP contribution is 2.32. The summed E-state index contributed by atoms with van der Waals surface area (Å²) in [5, 5.41) is 27.8. The van der Waals surface area contributed by atoms with Crippen molar-refractivity contribution in [3.63, 3.8) is 0 Å². The second-order valence-electron chi connectivity index (χ2n) is 12.0. The van der Waals surface area contributed by atoms with Gasteiger partial charge in [-0.2, -0.15) is 36.5 Å². The molecule has 20 heteroatoms. The van der Waals surface area contributed by atoms with E-state index in [9.17, 15) is 46.1 Å². The van der Waals surface area contributed by atoms with E-state index < -0.39 is 59.9 Å². The van der Waals surface area contributed by atoms with Crippen molar-refractivity contribution >= 4 is 22.1 Å². The minimum Gasteiger partial charge on any atom is -0.390 e. The van der Waals surface area contributed by atoms with Gasteiger partial charge in [-0.15, -0.1) is 0 Å². The summed E-state index contributed by atoms with van der Waals surface area (Å²) in [6.07, 6.45) is -8.84. The number of fused-ring (bicyclic) bond motifs is 2. The second-order valence-corrected chi connectivity index (χ2v) is 12.0. The number of aliphatic hydroxyl groups excluding tert-OH is 2. The van der Waals surface area contributed by atoms with Gasteiger partial charge in [0.1, 0.15) is 47.0 Å². The van der Waals surface area contributed by atoms with Gasteiger partial charge >= 0.3 is 12.4 Å². The number of methoxy groups -OCH3 is 2. The maximum Gasteiger partial charge on any atom is 0.416 e. The van der Waals surface area contributed by atoms with Gasteiger partial charge in [0.25, 0.3) is 11.1 Å².